The van der Waals surface area contributed by atoms with Crippen molar-refractivity contribution >= 4 is 50.6 Å². The van der Waals surface area contributed by atoms with Gasteiger partial charge in [0, 0.05) is 16.1 Å². The van der Waals surface area contributed by atoms with Crippen LogP contribution in [0, 0.1) is 10.1 Å². The number of thioether (sulfide) groups is 1. The van der Waals surface area contributed by atoms with Gasteiger partial charge >= 0.3 is 0 Å². The predicted molar refractivity (Wildman–Crippen MR) is 107 cm³/mol. The van der Waals surface area contributed by atoms with Gasteiger partial charge in [0.15, 0.2) is 11.5 Å². The monoisotopic (exact) mass is 464 g/mol. The van der Waals surface area contributed by atoms with Gasteiger partial charge in [-0.1, -0.05) is 34.1 Å². The Morgan fingerprint density at radius 3 is 2.71 bits per heavy atom. The highest BCUT2D eigenvalue weighted by atomic mass is 79.9. The van der Waals surface area contributed by atoms with E-state index in [4.69, 9.17) is 4.74 Å². The maximum absolute atomic E-state index is 12.7. The molecule has 0 aromatic heterocycles. The van der Waals surface area contributed by atoms with Crippen molar-refractivity contribution in [2.45, 2.75) is 6.54 Å². The van der Waals surface area contributed by atoms with Crippen molar-refractivity contribution in [1.82, 2.24) is 4.90 Å². The van der Waals surface area contributed by atoms with E-state index in [0.29, 0.717) is 10.0 Å². The molecule has 1 heterocycles. The normalized spacial score (nSPS) is 15.4. The topological polar surface area (TPSA) is 110 Å². The number of hydrogen-bond acceptors (Lipinski definition) is 7. The average Bonchev–Trinajstić information content (AvgIpc) is 2.91. The van der Waals surface area contributed by atoms with E-state index in [2.05, 4.69) is 15.9 Å². The fourth-order valence-corrected chi connectivity index (χ4v) is 3.88. The van der Waals surface area contributed by atoms with Crippen molar-refractivity contribution < 1.29 is 24.4 Å². The molecule has 1 N–H and O–H groups in total. The number of amides is 2. The number of phenolic OH excluding ortho intramolecular Hbond substituents is 1. The number of benzene rings is 2. The fraction of sp³-hybridized carbons (Fsp3) is 0.111. The largest absolute Gasteiger partial charge is 0.504 e. The van der Waals surface area contributed by atoms with E-state index in [1.165, 1.54) is 43.5 Å². The predicted octanol–water partition coefficient (Wildman–Crippen LogP) is 4.31. The Morgan fingerprint density at radius 1 is 1.32 bits per heavy atom. The molecule has 0 saturated carbocycles. The summed E-state index contributed by atoms with van der Waals surface area (Å²) in [5.74, 6) is -0.406. The highest BCUT2D eigenvalue weighted by Gasteiger charge is 2.36. The summed E-state index contributed by atoms with van der Waals surface area (Å²) in [5.41, 5.74) is 0.644. The van der Waals surface area contributed by atoms with Gasteiger partial charge in [0.05, 0.1) is 23.5 Å². The summed E-state index contributed by atoms with van der Waals surface area (Å²) in [5, 5.41) is 20.4. The van der Waals surface area contributed by atoms with Crippen LogP contribution in [0.5, 0.6) is 11.5 Å². The number of nitro groups is 1. The molecule has 0 aliphatic carbocycles. The molecule has 144 valence electrons. The van der Waals surface area contributed by atoms with Gasteiger partial charge in [0.2, 0.25) is 0 Å². The van der Waals surface area contributed by atoms with Crippen LogP contribution < -0.4 is 4.74 Å². The quantitative estimate of drug-likeness (QED) is 0.398. The Hall–Kier alpha value is -2.85. The van der Waals surface area contributed by atoms with Crippen molar-refractivity contribution in [3.63, 3.8) is 0 Å². The molecule has 0 bridgehead atoms. The van der Waals surface area contributed by atoms with Gasteiger partial charge in [-0.2, -0.15) is 0 Å². The molecule has 1 aliphatic heterocycles. The maximum Gasteiger partial charge on any atom is 0.293 e. The van der Waals surface area contributed by atoms with Crippen molar-refractivity contribution in [2.75, 3.05) is 7.11 Å². The molecule has 0 spiro atoms. The van der Waals surface area contributed by atoms with Crippen LogP contribution in [0.1, 0.15) is 11.1 Å². The molecule has 2 amide bonds. The standard InChI is InChI=1S/C18H13BrN2O6S/c1-27-15-6-11(12(19)8-14(15)22)7-16-17(23)20(18(24)28-16)9-10-4-2-3-5-13(10)21(25)26/h2-8,22H,9H2,1H3/b16-7-. The number of para-hydroxylation sites is 1. The number of imide groups is 1. The van der Waals surface area contributed by atoms with Gasteiger partial charge in [-0.15, -0.1) is 0 Å². The van der Waals surface area contributed by atoms with Crippen molar-refractivity contribution in [1.29, 1.82) is 0 Å². The number of rotatable bonds is 5. The van der Waals surface area contributed by atoms with Crippen LogP contribution in [0.25, 0.3) is 6.08 Å². The highest BCUT2D eigenvalue weighted by molar-refractivity contribution is 9.10. The second-order valence-electron chi connectivity index (χ2n) is 5.70. The number of carbonyl (C=O) groups is 2. The summed E-state index contributed by atoms with van der Waals surface area (Å²) < 4.78 is 5.57. The summed E-state index contributed by atoms with van der Waals surface area (Å²) in [6.45, 7) is -0.195. The van der Waals surface area contributed by atoms with Gasteiger partial charge in [-0.25, -0.2) is 0 Å². The first-order chi connectivity index (χ1) is 13.3. The van der Waals surface area contributed by atoms with Crippen molar-refractivity contribution in [3.8, 4) is 11.5 Å². The Morgan fingerprint density at radius 2 is 2.04 bits per heavy atom. The van der Waals surface area contributed by atoms with Crippen LogP contribution in [-0.2, 0) is 11.3 Å². The summed E-state index contributed by atoms with van der Waals surface area (Å²) in [7, 11) is 1.40. The van der Waals surface area contributed by atoms with Gasteiger partial charge in [0.1, 0.15) is 0 Å². The molecule has 0 unspecified atom stereocenters. The number of ether oxygens (including phenoxy) is 1. The van der Waals surface area contributed by atoms with Crippen LogP contribution in [0.2, 0.25) is 0 Å². The Kier molecular flexibility index (Phi) is 5.71. The molecule has 10 heteroatoms. The average molecular weight is 465 g/mol. The molecule has 2 aromatic rings. The third-order valence-electron chi connectivity index (χ3n) is 3.98. The smallest absolute Gasteiger partial charge is 0.293 e. The lowest BCUT2D eigenvalue weighted by Crippen LogP contribution is -2.27. The molecular weight excluding hydrogens is 452 g/mol. The Balaban J connectivity index is 1.91. The summed E-state index contributed by atoms with van der Waals surface area (Å²) in [4.78, 5) is 36.7. The molecule has 1 aliphatic rings. The Bertz CT molecular complexity index is 1020. The summed E-state index contributed by atoms with van der Waals surface area (Å²) >= 11 is 4.03. The summed E-state index contributed by atoms with van der Waals surface area (Å²) in [6, 6.07) is 8.90. The lowest BCUT2D eigenvalue weighted by Gasteiger charge is -2.12. The van der Waals surface area contributed by atoms with Crippen LogP contribution in [0.15, 0.2) is 45.8 Å². The van der Waals surface area contributed by atoms with Gasteiger partial charge in [-0.3, -0.25) is 24.6 Å². The van der Waals surface area contributed by atoms with Crippen molar-refractivity contribution in [3.05, 3.63) is 67.0 Å². The molecule has 0 radical (unpaired) electrons. The zero-order chi connectivity index (χ0) is 20.4. The molecular formula is C18H13BrN2O6S. The first-order valence-electron chi connectivity index (χ1n) is 7.86. The zero-order valence-electron chi connectivity index (χ0n) is 14.4. The van der Waals surface area contributed by atoms with E-state index in [0.717, 1.165) is 16.7 Å². The lowest BCUT2D eigenvalue weighted by atomic mass is 10.1. The molecule has 0 atom stereocenters. The highest BCUT2D eigenvalue weighted by Crippen LogP contribution is 2.38. The zero-order valence-corrected chi connectivity index (χ0v) is 16.8. The molecule has 1 saturated heterocycles. The van der Waals surface area contributed by atoms with E-state index in [-0.39, 0.29) is 34.2 Å². The first kappa shape index (κ1) is 19.9. The Labute approximate surface area is 172 Å². The maximum atomic E-state index is 12.7. The molecule has 3 rings (SSSR count). The third-order valence-corrected chi connectivity index (χ3v) is 5.57. The number of hydrogen-bond donors (Lipinski definition) is 1. The van der Waals surface area contributed by atoms with E-state index in [1.807, 2.05) is 0 Å². The first-order valence-corrected chi connectivity index (χ1v) is 9.47. The van der Waals surface area contributed by atoms with Crippen LogP contribution in [0.4, 0.5) is 10.5 Å². The van der Waals surface area contributed by atoms with Gasteiger partial charge in [-0.05, 0) is 35.5 Å². The second-order valence-corrected chi connectivity index (χ2v) is 7.55. The lowest BCUT2D eigenvalue weighted by molar-refractivity contribution is -0.385. The number of carbonyl (C=O) groups excluding carboxylic acids is 2. The van der Waals surface area contributed by atoms with Crippen LogP contribution in [-0.4, -0.2) is 33.2 Å². The SMILES string of the molecule is COc1cc(/C=C2\SC(=O)N(Cc3ccccc3[N+](=O)[O-])C2=O)c(Br)cc1O. The van der Waals surface area contributed by atoms with E-state index >= 15 is 0 Å². The number of phenols is 1. The molecule has 8 nitrogen and oxygen atoms in total. The minimum atomic E-state index is -0.552. The summed E-state index contributed by atoms with van der Waals surface area (Å²) in [6.07, 6.45) is 1.50. The van der Waals surface area contributed by atoms with Crippen LogP contribution in [0.3, 0.4) is 0 Å². The van der Waals surface area contributed by atoms with Crippen LogP contribution >= 0.6 is 27.7 Å². The minimum Gasteiger partial charge on any atom is -0.504 e. The number of aromatic hydroxyl groups is 1. The van der Waals surface area contributed by atoms with E-state index < -0.39 is 16.1 Å². The fourth-order valence-electron chi connectivity index (χ4n) is 2.60. The molecule has 28 heavy (non-hydrogen) atoms. The van der Waals surface area contributed by atoms with Gasteiger partial charge in [0.25, 0.3) is 16.8 Å². The second kappa shape index (κ2) is 8.03. The molecule has 1 fully saturated rings. The van der Waals surface area contributed by atoms with E-state index in [1.54, 1.807) is 6.07 Å². The molecule has 2 aromatic carbocycles. The third kappa shape index (κ3) is 3.87. The minimum absolute atomic E-state index is 0.0731. The number of methoxy groups -OCH3 is 1. The van der Waals surface area contributed by atoms with Crippen molar-refractivity contribution in [2.24, 2.45) is 0 Å². The van der Waals surface area contributed by atoms with Gasteiger partial charge < -0.3 is 9.84 Å². The van der Waals surface area contributed by atoms with E-state index in [9.17, 15) is 24.8 Å². The number of nitro benzene ring substituents is 1. The number of halogens is 1. The number of nitrogens with zero attached hydrogens (tertiary/aromatic N) is 2.